The first kappa shape index (κ1) is 22.4. The summed E-state index contributed by atoms with van der Waals surface area (Å²) >= 11 is 0. The van der Waals surface area contributed by atoms with Crippen LogP contribution in [0.1, 0.15) is 103 Å². The van der Waals surface area contributed by atoms with E-state index >= 15 is 0 Å². The predicted octanol–water partition coefficient (Wildman–Crippen LogP) is 6.13. The van der Waals surface area contributed by atoms with Crippen molar-refractivity contribution in [2.75, 3.05) is 0 Å². The quantitative estimate of drug-likeness (QED) is 0.383. The molecule has 0 fully saturated rings. The van der Waals surface area contributed by atoms with E-state index in [4.69, 9.17) is 0 Å². The Morgan fingerprint density at radius 2 is 1.31 bits per heavy atom. The van der Waals surface area contributed by atoms with E-state index in [2.05, 4.69) is 19.2 Å². The van der Waals surface area contributed by atoms with Gasteiger partial charge in [-0.15, -0.1) is 0 Å². The van der Waals surface area contributed by atoms with Crippen molar-refractivity contribution >= 4 is 11.7 Å². The second-order valence-corrected chi connectivity index (χ2v) is 7.21. The summed E-state index contributed by atoms with van der Waals surface area (Å²) in [5, 5.41) is 2.99. The number of hydrogen-bond acceptors (Lipinski definition) is 2. The van der Waals surface area contributed by atoms with Crippen LogP contribution in [0.5, 0.6) is 0 Å². The SMILES string of the molecule is CCCCCCCC(=O)N[C@H](C(=O)CCCCCCC)c1ccccc1. The first-order chi connectivity index (χ1) is 12.7. The number of rotatable bonds is 15. The van der Waals surface area contributed by atoms with E-state index in [1.165, 1.54) is 38.5 Å². The van der Waals surface area contributed by atoms with Crippen molar-refractivity contribution in [2.45, 2.75) is 96.9 Å². The molecule has 0 aromatic heterocycles. The molecule has 0 radical (unpaired) electrons. The molecule has 0 bridgehead atoms. The summed E-state index contributed by atoms with van der Waals surface area (Å²) in [4.78, 5) is 25.0. The van der Waals surface area contributed by atoms with Gasteiger partial charge in [0.15, 0.2) is 5.78 Å². The average molecular weight is 360 g/mol. The third kappa shape index (κ3) is 9.74. The van der Waals surface area contributed by atoms with Gasteiger partial charge in [0.2, 0.25) is 5.91 Å². The van der Waals surface area contributed by atoms with Crippen molar-refractivity contribution in [3.63, 3.8) is 0 Å². The number of nitrogens with one attached hydrogen (secondary N) is 1. The van der Waals surface area contributed by atoms with Crippen molar-refractivity contribution in [1.29, 1.82) is 0 Å². The molecule has 0 saturated heterocycles. The number of carbonyl (C=O) groups is 2. The lowest BCUT2D eigenvalue weighted by molar-refractivity contribution is -0.128. The van der Waals surface area contributed by atoms with Crippen LogP contribution in [0, 0.1) is 0 Å². The number of unbranched alkanes of at least 4 members (excludes halogenated alkanes) is 8. The summed E-state index contributed by atoms with van der Waals surface area (Å²) in [5.41, 5.74) is 0.894. The summed E-state index contributed by atoms with van der Waals surface area (Å²) in [7, 11) is 0. The van der Waals surface area contributed by atoms with E-state index in [0.717, 1.165) is 31.2 Å². The van der Waals surface area contributed by atoms with Crippen LogP contribution in [0.4, 0.5) is 0 Å². The molecule has 0 aliphatic rings. The van der Waals surface area contributed by atoms with Crippen molar-refractivity contribution in [3.05, 3.63) is 35.9 Å². The van der Waals surface area contributed by atoms with E-state index in [1.54, 1.807) is 0 Å². The van der Waals surface area contributed by atoms with Crippen LogP contribution in [-0.2, 0) is 9.59 Å². The van der Waals surface area contributed by atoms with Gasteiger partial charge in [0.1, 0.15) is 6.04 Å². The standard InChI is InChI=1S/C23H37NO2/c1-3-5-7-9-14-18-21(25)23(20-16-12-11-13-17-20)24-22(26)19-15-10-8-6-4-2/h11-13,16-17,23H,3-10,14-15,18-19H2,1-2H3,(H,24,26)/t23-/m0/s1. The monoisotopic (exact) mass is 359 g/mol. The lowest BCUT2D eigenvalue weighted by Crippen LogP contribution is -2.33. The highest BCUT2D eigenvalue weighted by atomic mass is 16.2. The van der Waals surface area contributed by atoms with Gasteiger partial charge in [-0.25, -0.2) is 0 Å². The van der Waals surface area contributed by atoms with Gasteiger partial charge < -0.3 is 5.32 Å². The molecule has 146 valence electrons. The molecule has 1 rings (SSSR count). The molecule has 1 atom stereocenters. The molecular formula is C23H37NO2. The minimum atomic E-state index is -0.495. The molecule has 1 amide bonds. The van der Waals surface area contributed by atoms with E-state index in [0.29, 0.717) is 12.8 Å². The fourth-order valence-electron chi connectivity index (χ4n) is 3.16. The van der Waals surface area contributed by atoms with Crippen LogP contribution in [0.25, 0.3) is 0 Å². The van der Waals surface area contributed by atoms with Crippen molar-refractivity contribution < 1.29 is 9.59 Å². The highest BCUT2D eigenvalue weighted by molar-refractivity contribution is 5.90. The van der Waals surface area contributed by atoms with E-state index < -0.39 is 6.04 Å². The van der Waals surface area contributed by atoms with Crippen LogP contribution in [0.2, 0.25) is 0 Å². The van der Waals surface area contributed by atoms with E-state index in [-0.39, 0.29) is 11.7 Å². The van der Waals surface area contributed by atoms with Crippen molar-refractivity contribution in [2.24, 2.45) is 0 Å². The van der Waals surface area contributed by atoms with Gasteiger partial charge in [-0.05, 0) is 18.4 Å². The summed E-state index contributed by atoms with van der Waals surface area (Å²) in [6.45, 7) is 4.37. The molecule has 26 heavy (non-hydrogen) atoms. The number of hydrogen-bond donors (Lipinski definition) is 1. The van der Waals surface area contributed by atoms with Crippen LogP contribution in [0.15, 0.2) is 30.3 Å². The van der Waals surface area contributed by atoms with Crippen molar-refractivity contribution in [3.8, 4) is 0 Å². The van der Waals surface area contributed by atoms with Crippen LogP contribution in [-0.4, -0.2) is 11.7 Å². The largest absolute Gasteiger partial charge is 0.342 e. The molecule has 3 heteroatoms. The Balaban J connectivity index is 2.51. The van der Waals surface area contributed by atoms with Gasteiger partial charge in [-0.1, -0.05) is 95.5 Å². The smallest absolute Gasteiger partial charge is 0.220 e. The molecule has 0 aliphatic heterocycles. The zero-order valence-corrected chi connectivity index (χ0v) is 16.8. The Morgan fingerprint density at radius 1 is 0.769 bits per heavy atom. The number of amides is 1. The molecule has 0 spiro atoms. The molecule has 3 nitrogen and oxygen atoms in total. The second-order valence-electron chi connectivity index (χ2n) is 7.21. The number of benzene rings is 1. The van der Waals surface area contributed by atoms with E-state index in [1.807, 2.05) is 30.3 Å². The normalized spacial score (nSPS) is 11.9. The zero-order chi connectivity index (χ0) is 19.0. The Kier molecular flexibility index (Phi) is 12.5. The Morgan fingerprint density at radius 3 is 1.88 bits per heavy atom. The molecular weight excluding hydrogens is 322 g/mol. The second kappa shape index (κ2) is 14.5. The van der Waals surface area contributed by atoms with Gasteiger partial charge in [0.25, 0.3) is 0 Å². The topological polar surface area (TPSA) is 46.2 Å². The lowest BCUT2D eigenvalue weighted by atomic mass is 9.98. The molecule has 0 unspecified atom stereocenters. The molecule has 0 aliphatic carbocycles. The zero-order valence-electron chi connectivity index (χ0n) is 16.8. The summed E-state index contributed by atoms with van der Waals surface area (Å²) < 4.78 is 0. The van der Waals surface area contributed by atoms with Crippen molar-refractivity contribution in [1.82, 2.24) is 5.32 Å². The predicted molar refractivity (Wildman–Crippen MR) is 109 cm³/mol. The molecule has 1 aromatic rings. The summed E-state index contributed by atoms with van der Waals surface area (Å²) in [5.74, 6) is 0.127. The lowest BCUT2D eigenvalue weighted by Gasteiger charge is -2.18. The molecule has 0 heterocycles. The van der Waals surface area contributed by atoms with Gasteiger partial charge in [-0.2, -0.15) is 0 Å². The van der Waals surface area contributed by atoms with Crippen LogP contribution < -0.4 is 5.32 Å². The third-order valence-corrected chi connectivity index (χ3v) is 4.79. The fourth-order valence-corrected chi connectivity index (χ4v) is 3.16. The van der Waals surface area contributed by atoms with E-state index in [9.17, 15) is 9.59 Å². The first-order valence-corrected chi connectivity index (χ1v) is 10.6. The van der Waals surface area contributed by atoms with Crippen LogP contribution >= 0.6 is 0 Å². The van der Waals surface area contributed by atoms with Crippen LogP contribution in [0.3, 0.4) is 0 Å². The molecule has 0 saturated carbocycles. The molecule has 1 aromatic carbocycles. The minimum absolute atomic E-state index is 0.00492. The fraction of sp³-hybridized carbons (Fsp3) is 0.652. The Bertz CT molecular complexity index is 498. The number of ketones is 1. The Labute approximate surface area is 160 Å². The maximum absolute atomic E-state index is 12.7. The average Bonchev–Trinajstić information content (AvgIpc) is 2.66. The van der Waals surface area contributed by atoms with Gasteiger partial charge in [0.05, 0.1) is 0 Å². The highest BCUT2D eigenvalue weighted by Gasteiger charge is 2.21. The van der Waals surface area contributed by atoms with Gasteiger partial charge in [-0.3, -0.25) is 9.59 Å². The third-order valence-electron chi connectivity index (χ3n) is 4.79. The summed E-state index contributed by atoms with van der Waals surface area (Å²) in [6, 6.07) is 9.15. The molecule has 1 N–H and O–H groups in total. The Hall–Kier alpha value is -1.64. The van der Waals surface area contributed by atoms with Gasteiger partial charge >= 0.3 is 0 Å². The highest BCUT2D eigenvalue weighted by Crippen LogP contribution is 2.18. The maximum atomic E-state index is 12.7. The first-order valence-electron chi connectivity index (χ1n) is 10.6. The minimum Gasteiger partial charge on any atom is -0.342 e. The number of carbonyl (C=O) groups excluding carboxylic acids is 2. The maximum Gasteiger partial charge on any atom is 0.220 e. The van der Waals surface area contributed by atoms with Gasteiger partial charge in [0, 0.05) is 12.8 Å². The number of Topliss-reactive ketones (excluding diaryl/α,β-unsaturated/α-hetero) is 1. The summed E-state index contributed by atoms with van der Waals surface area (Å²) in [6.07, 6.45) is 12.3.